The topological polar surface area (TPSA) is 18.5 Å². The lowest BCUT2D eigenvalue weighted by Gasteiger charge is -2.35. The van der Waals surface area contributed by atoms with Crippen molar-refractivity contribution in [2.24, 2.45) is 11.3 Å². The predicted octanol–water partition coefficient (Wildman–Crippen LogP) is 2.85. The minimum Gasteiger partial charge on any atom is -0.381 e. The summed E-state index contributed by atoms with van der Waals surface area (Å²) >= 11 is 3.60. The van der Waals surface area contributed by atoms with Crippen molar-refractivity contribution in [1.82, 2.24) is 0 Å². The van der Waals surface area contributed by atoms with Gasteiger partial charge in [0.2, 0.25) is 0 Å². The first-order chi connectivity index (χ1) is 6.68. The van der Waals surface area contributed by atoms with Crippen LogP contribution in [0.5, 0.6) is 0 Å². The molecule has 1 aliphatic heterocycles. The van der Waals surface area contributed by atoms with E-state index >= 15 is 0 Å². The quantitative estimate of drug-likeness (QED) is 0.712. The molecule has 0 aromatic heterocycles. The number of hydrogen-bond donors (Lipinski definition) is 0. The molecule has 0 amide bonds. The van der Waals surface area contributed by atoms with Crippen LogP contribution < -0.4 is 0 Å². The van der Waals surface area contributed by atoms with Crippen molar-refractivity contribution in [3.8, 4) is 0 Å². The monoisotopic (exact) mass is 264 g/mol. The maximum Gasteiger partial charge on any atom is 0.0532 e. The summed E-state index contributed by atoms with van der Waals surface area (Å²) in [6, 6.07) is 0. The van der Waals surface area contributed by atoms with Gasteiger partial charge in [-0.3, -0.25) is 0 Å². The van der Waals surface area contributed by atoms with Gasteiger partial charge < -0.3 is 9.47 Å². The Morgan fingerprint density at radius 2 is 2.00 bits per heavy atom. The normalized spacial score (nSPS) is 21.4. The molecule has 0 aromatic rings. The first kappa shape index (κ1) is 12.5. The van der Waals surface area contributed by atoms with Crippen molar-refractivity contribution in [3.63, 3.8) is 0 Å². The van der Waals surface area contributed by atoms with Gasteiger partial charge in [-0.15, -0.1) is 0 Å². The number of rotatable bonds is 5. The van der Waals surface area contributed by atoms with Gasteiger partial charge in [0.05, 0.1) is 6.61 Å². The molecular formula is C11H21BrO2. The summed E-state index contributed by atoms with van der Waals surface area (Å²) in [5.41, 5.74) is 0.327. The first-order valence-electron chi connectivity index (χ1n) is 5.40. The lowest BCUT2D eigenvalue weighted by Crippen LogP contribution is -2.36. The lowest BCUT2D eigenvalue weighted by atomic mass is 9.83. The van der Waals surface area contributed by atoms with Gasteiger partial charge in [0.1, 0.15) is 0 Å². The molecule has 3 heteroatoms. The Balaban J connectivity index is 2.29. The summed E-state index contributed by atoms with van der Waals surface area (Å²) < 4.78 is 11.1. The Morgan fingerprint density at radius 3 is 2.50 bits per heavy atom. The van der Waals surface area contributed by atoms with E-state index in [9.17, 15) is 0 Å². The summed E-state index contributed by atoms with van der Waals surface area (Å²) in [4.78, 5) is 0. The standard InChI is InChI=1S/C11H21BrO2/c1-10(2)7-14-9-11(8-12)3-5-13-6-4-11/h10H,3-9H2,1-2H3. The van der Waals surface area contributed by atoms with Gasteiger partial charge in [0.15, 0.2) is 0 Å². The van der Waals surface area contributed by atoms with Gasteiger partial charge in [-0.2, -0.15) is 0 Å². The van der Waals surface area contributed by atoms with E-state index in [-0.39, 0.29) is 0 Å². The SMILES string of the molecule is CC(C)COCC1(CBr)CCOCC1. The molecular weight excluding hydrogens is 244 g/mol. The van der Waals surface area contributed by atoms with E-state index in [1.807, 2.05) is 0 Å². The second-order valence-electron chi connectivity index (χ2n) is 4.65. The van der Waals surface area contributed by atoms with Crippen LogP contribution in [0.2, 0.25) is 0 Å². The molecule has 2 nitrogen and oxygen atoms in total. The van der Waals surface area contributed by atoms with Crippen LogP contribution in [0.25, 0.3) is 0 Å². The van der Waals surface area contributed by atoms with E-state index in [1.54, 1.807) is 0 Å². The highest BCUT2D eigenvalue weighted by atomic mass is 79.9. The fourth-order valence-corrected chi connectivity index (χ4v) is 2.35. The summed E-state index contributed by atoms with van der Waals surface area (Å²) in [5, 5.41) is 1.03. The van der Waals surface area contributed by atoms with Crippen LogP contribution in [0.4, 0.5) is 0 Å². The minimum atomic E-state index is 0.327. The average molecular weight is 265 g/mol. The third-order valence-corrected chi connectivity index (χ3v) is 3.89. The second-order valence-corrected chi connectivity index (χ2v) is 5.22. The maximum atomic E-state index is 5.74. The molecule has 0 spiro atoms. The van der Waals surface area contributed by atoms with Crippen LogP contribution in [0.3, 0.4) is 0 Å². The zero-order valence-corrected chi connectivity index (χ0v) is 10.8. The summed E-state index contributed by atoms with van der Waals surface area (Å²) in [7, 11) is 0. The molecule has 0 unspecified atom stereocenters. The van der Waals surface area contributed by atoms with E-state index in [2.05, 4.69) is 29.8 Å². The fraction of sp³-hybridized carbons (Fsp3) is 1.00. The second kappa shape index (κ2) is 6.09. The van der Waals surface area contributed by atoms with Crippen molar-refractivity contribution < 1.29 is 9.47 Å². The highest BCUT2D eigenvalue weighted by molar-refractivity contribution is 9.09. The molecule has 0 aliphatic carbocycles. The third kappa shape index (κ3) is 3.87. The average Bonchev–Trinajstić information content (AvgIpc) is 2.19. The summed E-state index contributed by atoms with van der Waals surface area (Å²) in [5.74, 6) is 0.627. The highest BCUT2D eigenvalue weighted by Crippen LogP contribution is 2.32. The Morgan fingerprint density at radius 1 is 1.36 bits per heavy atom. The van der Waals surface area contributed by atoms with Crippen molar-refractivity contribution in [1.29, 1.82) is 0 Å². The third-order valence-electron chi connectivity index (χ3n) is 2.70. The number of halogens is 1. The fourth-order valence-electron chi connectivity index (χ4n) is 1.63. The van der Waals surface area contributed by atoms with Crippen LogP contribution in [0, 0.1) is 11.3 Å². The van der Waals surface area contributed by atoms with Crippen LogP contribution in [-0.2, 0) is 9.47 Å². The zero-order chi connectivity index (χ0) is 10.4. The van der Waals surface area contributed by atoms with Gasteiger partial charge in [0, 0.05) is 30.6 Å². The van der Waals surface area contributed by atoms with Crippen molar-refractivity contribution >= 4 is 15.9 Å². The number of ether oxygens (including phenoxy) is 2. The smallest absolute Gasteiger partial charge is 0.0532 e. The zero-order valence-electron chi connectivity index (χ0n) is 9.22. The van der Waals surface area contributed by atoms with Crippen LogP contribution >= 0.6 is 15.9 Å². The maximum absolute atomic E-state index is 5.74. The Bertz CT molecular complexity index is 153. The predicted molar refractivity (Wildman–Crippen MR) is 61.9 cm³/mol. The molecule has 1 heterocycles. The van der Waals surface area contributed by atoms with Gasteiger partial charge in [-0.1, -0.05) is 29.8 Å². The van der Waals surface area contributed by atoms with E-state index in [0.29, 0.717) is 11.3 Å². The minimum absolute atomic E-state index is 0.327. The molecule has 0 atom stereocenters. The number of hydrogen-bond acceptors (Lipinski definition) is 2. The van der Waals surface area contributed by atoms with Gasteiger partial charge >= 0.3 is 0 Å². The van der Waals surface area contributed by atoms with E-state index < -0.39 is 0 Å². The summed E-state index contributed by atoms with van der Waals surface area (Å²) in [6.07, 6.45) is 2.24. The Labute approximate surface area is 95.5 Å². The molecule has 0 saturated carbocycles. The molecule has 0 radical (unpaired) electrons. The van der Waals surface area contributed by atoms with Gasteiger partial charge in [-0.25, -0.2) is 0 Å². The van der Waals surface area contributed by atoms with E-state index in [0.717, 1.165) is 44.6 Å². The first-order valence-corrected chi connectivity index (χ1v) is 6.52. The lowest BCUT2D eigenvalue weighted by molar-refractivity contribution is -0.0316. The van der Waals surface area contributed by atoms with Crippen molar-refractivity contribution in [2.75, 3.05) is 31.8 Å². The molecule has 1 aliphatic rings. The highest BCUT2D eigenvalue weighted by Gasteiger charge is 2.31. The molecule has 84 valence electrons. The van der Waals surface area contributed by atoms with Crippen molar-refractivity contribution in [2.45, 2.75) is 26.7 Å². The molecule has 1 saturated heterocycles. The molecule has 0 aromatic carbocycles. The molecule has 14 heavy (non-hydrogen) atoms. The van der Waals surface area contributed by atoms with Crippen molar-refractivity contribution in [3.05, 3.63) is 0 Å². The van der Waals surface area contributed by atoms with Gasteiger partial charge in [-0.05, 0) is 18.8 Å². The Hall–Kier alpha value is 0.400. The van der Waals surface area contributed by atoms with E-state index in [4.69, 9.17) is 9.47 Å². The van der Waals surface area contributed by atoms with E-state index in [1.165, 1.54) is 0 Å². The molecule has 1 fully saturated rings. The largest absolute Gasteiger partial charge is 0.381 e. The molecule has 0 bridgehead atoms. The van der Waals surface area contributed by atoms with Crippen LogP contribution in [-0.4, -0.2) is 31.8 Å². The van der Waals surface area contributed by atoms with Crippen LogP contribution in [0.1, 0.15) is 26.7 Å². The van der Waals surface area contributed by atoms with Crippen LogP contribution in [0.15, 0.2) is 0 Å². The van der Waals surface area contributed by atoms with Gasteiger partial charge in [0.25, 0.3) is 0 Å². The Kier molecular flexibility index (Phi) is 5.42. The molecule has 1 rings (SSSR count). The number of alkyl halides is 1. The summed E-state index contributed by atoms with van der Waals surface area (Å²) in [6.45, 7) is 7.89. The molecule has 0 N–H and O–H groups in total.